The zero-order chi connectivity index (χ0) is 22.2. The number of carbonyl (C=O) groups is 1. The number of nitrogens with zero attached hydrogens (tertiary/aromatic N) is 4. The third-order valence-electron chi connectivity index (χ3n) is 5.97. The second-order valence-electron chi connectivity index (χ2n) is 8.25. The van der Waals surface area contributed by atoms with Crippen LogP contribution >= 0.6 is 0 Å². The monoisotopic (exact) mass is 430 g/mol. The zero-order valence-corrected chi connectivity index (χ0v) is 18.6. The summed E-state index contributed by atoms with van der Waals surface area (Å²) in [5.74, 6) is 0.566. The maximum Gasteiger partial charge on any atom is 0.313 e. The van der Waals surface area contributed by atoms with Crippen LogP contribution in [0.4, 0.5) is 0 Å². The third kappa shape index (κ3) is 5.14. The molecule has 3 aromatic rings. The van der Waals surface area contributed by atoms with E-state index in [4.69, 9.17) is 4.74 Å². The quantitative estimate of drug-likeness (QED) is 0.492. The molecule has 1 fully saturated rings. The van der Waals surface area contributed by atoms with Gasteiger partial charge in [0.15, 0.2) is 0 Å². The molecule has 0 unspecified atom stereocenters. The van der Waals surface area contributed by atoms with E-state index in [0.717, 1.165) is 37.2 Å². The number of allylic oxidation sites excluding steroid dienone is 1. The Morgan fingerprint density at radius 2 is 1.94 bits per heavy atom. The molecule has 1 saturated heterocycles. The average molecular weight is 431 g/mol. The van der Waals surface area contributed by atoms with Crippen LogP contribution in [-0.4, -0.2) is 45.1 Å². The summed E-state index contributed by atoms with van der Waals surface area (Å²) < 4.78 is 7.55. The normalized spacial score (nSPS) is 19.3. The van der Waals surface area contributed by atoms with Crippen molar-refractivity contribution in [1.82, 2.24) is 19.4 Å². The van der Waals surface area contributed by atoms with E-state index >= 15 is 0 Å². The first-order valence-corrected chi connectivity index (χ1v) is 11.2. The fourth-order valence-corrected chi connectivity index (χ4v) is 4.43. The van der Waals surface area contributed by atoms with E-state index in [0.29, 0.717) is 25.5 Å². The molecule has 0 saturated carbocycles. The lowest BCUT2D eigenvalue weighted by Gasteiger charge is -2.40. The largest absolute Gasteiger partial charge is 0.466 e. The molecule has 0 amide bonds. The number of benzene rings is 1. The van der Waals surface area contributed by atoms with Gasteiger partial charge in [0.2, 0.25) is 5.95 Å². The molecule has 0 aliphatic carbocycles. The highest BCUT2D eigenvalue weighted by atomic mass is 16.5. The maximum atomic E-state index is 13.1. The number of carbonyl (C=O) groups excluding carboxylic acids is 1. The topological polar surface area (TPSA) is 60.2 Å². The van der Waals surface area contributed by atoms with Gasteiger partial charge in [0.05, 0.1) is 12.0 Å². The van der Waals surface area contributed by atoms with E-state index < -0.39 is 5.41 Å². The van der Waals surface area contributed by atoms with Crippen molar-refractivity contribution in [3.05, 3.63) is 84.5 Å². The molecule has 1 aromatic carbocycles. The van der Waals surface area contributed by atoms with Gasteiger partial charge < -0.3 is 4.74 Å². The zero-order valence-electron chi connectivity index (χ0n) is 18.6. The Morgan fingerprint density at radius 1 is 1.12 bits per heavy atom. The Bertz CT molecular complexity index is 1030. The van der Waals surface area contributed by atoms with Gasteiger partial charge in [-0.1, -0.05) is 42.5 Å². The molecule has 0 spiro atoms. The number of esters is 1. The van der Waals surface area contributed by atoms with E-state index in [-0.39, 0.29) is 5.97 Å². The van der Waals surface area contributed by atoms with Crippen LogP contribution in [0.1, 0.15) is 37.4 Å². The van der Waals surface area contributed by atoms with Gasteiger partial charge in [-0.25, -0.2) is 9.97 Å². The molecule has 0 radical (unpaired) electrons. The van der Waals surface area contributed by atoms with E-state index in [1.165, 1.54) is 0 Å². The smallest absolute Gasteiger partial charge is 0.313 e. The highest BCUT2D eigenvalue weighted by molar-refractivity contribution is 5.77. The Morgan fingerprint density at radius 3 is 2.72 bits per heavy atom. The second-order valence-corrected chi connectivity index (χ2v) is 8.25. The molecule has 6 nitrogen and oxygen atoms in total. The average Bonchev–Trinajstić information content (AvgIpc) is 3.29. The summed E-state index contributed by atoms with van der Waals surface area (Å²) in [6, 6.07) is 16.1. The van der Waals surface area contributed by atoms with Crippen LogP contribution in [0.25, 0.3) is 12.0 Å². The minimum Gasteiger partial charge on any atom is -0.466 e. The fraction of sp³-hybridized carbons (Fsp3) is 0.346. The fourth-order valence-electron chi connectivity index (χ4n) is 4.43. The van der Waals surface area contributed by atoms with Gasteiger partial charge in [-0.15, -0.1) is 0 Å². The lowest BCUT2D eigenvalue weighted by atomic mass is 9.76. The summed E-state index contributed by atoms with van der Waals surface area (Å²) >= 11 is 0. The first-order valence-electron chi connectivity index (χ1n) is 11.2. The summed E-state index contributed by atoms with van der Waals surface area (Å²) in [4.78, 5) is 24.2. The Balaban J connectivity index is 1.51. The van der Waals surface area contributed by atoms with Crippen LogP contribution in [0.5, 0.6) is 0 Å². The lowest BCUT2D eigenvalue weighted by Crippen LogP contribution is -2.48. The predicted molar refractivity (Wildman–Crippen MR) is 125 cm³/mol. The maximum absolute atomic E-state index is 13.1. The minimum atomic E-state index is -0.528. The van der Waals surface area contributed by atoms with Gasteiger partial charge in [0, 0.05) is 37.4 Å². The molecule has 166 valence electrons. The number of aromatic nitrogens is 3. The van der Waals surface area contributed by atoms with Gasteiger partial charge in [0.1, 0.15) is 0 Å². The van der Waals surface area contributed by atoms with Gasteiger partial charge in [0.25, 0.3) is 0 Å². The Kier molecular flexibility index (Phi) is 7.12. The third-order valence-corrected chi connectivity index (χ3v) is 5.97. The molecule has 6 heteroatoms. The van der Waals surface area contributed by atoms with E-state index in [1.807, 2.05) is 48.0 Å². The van der Waals surface area contributed by atoms with Crippen molar-refractivity contribution < 1.29 is 9.53 Å². The molecule has 2 aromatic heterocycles. The van der Waals surface area contributed by atoms with E-state index in [9.17, 15) is 4.79 Å². The molecule has 1 aliphatic rings. The second kappa shape index (κ2) is 10.4. The summed E-state index contributed by atoms with van der Waals surface area (Å²) in [5.41, 5.74) is 1.72. The SMILES string of the molecule is CCOC(=O)[C@]1(C/C=C/c2ccccc2)CCCN(Cc2cccn2-c2ncccn2)C1. The van der Waals surface area contributed by atoms with Gasteiger partial charge in [-0.05, 0) is 56.5 Å². The summed E-state index contributed by atoms with van der Waals surface area (Å²) in [6.45, 7) is 4.63. The van der Waals surface area contributed by atoms with Gasteiger partial charge in [-0.2, -0.15) is 0 Å². The summed E-state index contributed by atoms with van der Waals surface area (Å²) in [7, 11) is 0. The predicted octanol–water partition coefficient (Wildman–Crippen LogP) is 4.52. The molecular weight excluding hydrogens is 400 g/mol. The molecule has 32 heavy (non-hydrogen) atoms. The van der Waals surface area contributed by atoms with Crippen molar-refractivity contribution in [2.75, 3.05) is 19.7 Å². The Labute approximate surface area is 189 Å². The highest BCUT2D eigenvalue weighted by Gasteiger charge is 2.42. The highest BCUT2D eigenvalue weighted by Crippen LogP contribution is 2.36. The van der Waals surface area contributed by atoms with E-state index in [1.54, 1.807) is 12.4 Å². The van der Waals surface area contributed by atoms with Gasteiger partial charge in [-0.3, -0.25) is 14.3 Å². The number of hydrogen-bond acceptors (Lipinski definition) is 5. The van der Waals surface area contributed by atoms with Crippen LogP contribution in [0.2, 0.25) is 0 Å². The number of piperidine rings is 1. The van der Waals surface area contributed by atoms with E-state index in [2.05, 4.69) is 45.2 Å². The number of ether oxygens (including phenoxy) is 1. The molecule has 4 rings (SSSR count). The van der Waals surface area contributed by atoms with Crippen molar-refractivity contribution in [2.45, 2.75) is 32.7 Å². The number of rotatable bonds is 8. The van der Waals surface area contributed by atoms with Crippen molar-refractivity contribution in [2.24, 2.45) is 5.41 Å². The lowest BCUT2D eigenvalue weighted by molar-refractivity contribution is -0.159. The molecule has 0 N–H and O–H groups in total. The first-order chi connectivity index (χ1) is 15.7. The van der Waals surface area contributed by atoms with Crippen molar-refractivity contribution in [3.63, 3.8) is 0 Å². The standard InChI is InChI=1S/C26H30N4O2/c1-2-32-24(31)26(14-6-12-22-10-4-3-5-11-22)15-8-18-29(21-26)20-23-13-7-19-30(23)25-27-16-9-17-28-25/h3-7,9-13,16-17,19H,2,8,14-15,18,20-21H2,1H3/b12-6+/t26-/m1/s1. The number of likely N-dealkylation sites (tertiary alicyclic amines) is 1. The Hall–Kier alpha value is -3.25. The van der Waals surface area contributed by atoms with Crippen molar-refractivity contribution in [3.8, 4) is 5.95 Å². The van der Waals surface area contributed by atoms with Gasteiger partial charge >= 0.3 is 5.97 Å². The molecule has 1 aliphatic heterocycles. The van der Waals surface area contributed by atoms with Crippen LogP contribution < -0.4 is 0 Å². The first kappa shape index (κ1) is 22.0. The molecule has 1 atom stereocenters. The molecule has 3 heterocycles. The van der Waals surface area contributed by atoms with Crippen molar-refractivity contribution in [1.29, 1.82) is 0 Å². The summed E-state index contributed by atoms with van der Waals surface area (Å²) in [6.07, 6.45) is 12.2. The minimum absolute atomic E-state index is 0.0933. The molecule has 0 bridgehead atoms. The number of hydrogen-bond donors (Lipinski definition) is 0. The molecular formula is C26H30N4O2. The van der Waals surface area contributed by atoms with Crippen LogP contribution in [0, 0.1) is 5.41 Å². The van der Waals surface area contributed by atoms with Crippen molar-refractivity contribution >= 4 is 12.0 Å². The summed E-state index contributed by atoms with van der Waals surface area (Å²) in [5, 5.41) is 0. The van der Waals surface area contributed by atoms with Crippen LogP contribution in [-0.2, 0) is 16.1 Å². The van der Waals surface area contributed by atoms with Crippen LogP contribution in [0.3, 0.4) is 0 Å². The van der Waals surface area contributed by atoms with Crippen LogP contribution in [0.15, 0.2) is 73.2 Å².